The number of benzene rings is 2. The van der Waals surface area contributed by atoms with E-state index in [1.807, 2.05) is 53.4 Å². The summed E-state index contributed by atoms with van der Waals surface area (Å²) in [4.78, 5) is 19.1. The van der Waals surface area contributed by atoms with Gasteiger partial charge in [-0.15, -0.1) is 0 Å². The highest BCUT2D eigenvalue weighted by molar-refractivity contribution is 5.84. The van der Waals surface area contributed by atoms with Crippen LogP contribution in [0.15, 0.2) is 53.5 Å². The zero-order valence-corrected chi connectivity index (χ0v) is 17.5. The molecule has 0 unspecified atom stereocenters. The smallest absolute Gasteiger partial charge is 0.223 e. The molecule has 4 rings (SSSR count). The van der Waals surface area contributed by atoms with Crippen molar-refractivity contribution in [3.63, 3.8) is 0 Å². The van der Waals surface area contributed by atoms with E-state index >= 15 is 0 Å². The van der Waals surface area contributed by atoms with Crippen molar-refractivity contribution in [1.82, 2.24) is 10.2 Å². The standard InChI is InChI=1S/C24H30N4O2.CH4/c1-17(15-26-23(29)18-8-4-2-5-9-18)28-16-19-14-21(12-13-22(19)27-24(28)25)30-20-10-6-3-7-11-20;/h3,6-7,10-14,17-18H,2,4-5,8-9,15-16H2,1H3,(H2,25,27)(H,26,29);1H4/t17-;/m1./s1. The Labute approximate surface area is 185 Å². The molecule has 2 aromatic rings. The predicted octanol–water partition coefficient (Wildman–Crippen LogP) is 4.96. The van der Waals surface area contributed by atoms with Crippen LogP contribution in [0.5, 0.6) is 11.5 Å². The molecule has 1 aliphatic heterocycles. The second-order valence-electron chi connectivity index (χ2n) is 8.23. The van der Waals surface area contributed by atoms with E-state index in [0.717, 1.165) is 48.4 Å². The fraction of sp³-hybridized carbons (Fsp3) is 0.440. The second-order valence-corrected chi connectivity index (χ2v) is 8.23. The fourth-order valence-corrected chi connectivity index (χ4v) is 4.19. The Hall–Kier alpha value is -3.02. The number of nitrogens with zero attached hydrogens (tertiary/aromatic N) is 2. The van der Waals surface area contributed by atoms with E-state index in [4.69, 9.17) is 10.5 Å². The number of nitrogens with one attached hydrogen (secondary N) is 1. The minimum Gasteiger partial charge on any atom is -0.457 e. The van der Waals surface area contributed by atoms with Crippen LogP contribution in [0.3, 0.4) is 0 Å². The molecule has 0 aromatic heterocycles. The molecule has 3 N–H and O–H groups in total. The number of carbonyl (C=O) groups excluding carboxylic acids is 1. The van der Waals surface area contributed by atoms with Crippen LogP contribution in [0.4, 0.5) is 5.69 Å². The Kier molecular flexibility index (Phi) is 7.55. The molecule has 2 aliphatic rings. The van der Waals surface area contributed by atoms with E-state index in [1.54, 1.807) is 0 Å². The highest BCUT2D eigenvalue weighted by Crippen LogP contribution is 2.32. The number of guanidine groups is 1. The van der Waals surface area contributed by atoms with Crippen molar-refractivity contribution >= 4 is 17.6 Å². The van der Waals surface area contributed by atoms with Gasteiger partial charge >= 0.3 is 0 Å². The summed E-state index contributed by atoms with van der Waals surface area (Å²) in [5.41, 5.74) is 8.16. The Bertz CT molecular complexity index is 907. The lowest BCUT2D eigenvalue weighted by Crippen LogP contribution is -2.49. The van der Waals surface area contributed by atoms with Gasteiger partial charge in [-0.25, -0.2) is 4.99 Å². The third kappa shape index (κ3) is 5.57. The molecule has 31 heavy (non-hydrogen) atoms. The van der Waals surface area contributed by atoms with Crippen LogP contribution in [0.25, 0.3) is 0 Å². The van der Waals surface area contributed by atoms with E-state index < -0.39 is 0 Å². The molecule has 0 bridgehead atoms. The van der Waals surface area contributed by atoms with Crippen molar-refractivity contribution in [3.05, 3.63) is 54.1 Å². The number of carbonyl (C=O) groups is 1. The van der Waals surface area contributed by atoms with Crippen LogP contribution >= 0.6 is 0 Å². The fourth-order valence-electron chi connectivity index (χ4n) is 4.19. The third-order valence-corrected chi connectivity index (χ3v) is 5.98. The topological polar surface area (TPSA) is 80.0 Å². The summed E-state index contributed by atoms with van der Waals surface area (Å²) in [6.07, 6.45) is 5.57. The minimum atomic E-state index is 0. The zero-order valence-electron chi connectivity index (χ0n) is 17.5. The van der Waals surface area contributed by atoms with Gasteiger partial charge in [0.1, 0.15) is 11.5 Å². The molecular weight excluding hydrogens is 388 g/mol. The number of para-hydroxylation sites is 1. The Morgan fingerprint density at radius 3 is 2.65 bits per heavy atom. The normalized spacial score (nSPS) is 17.1. The molecule has 0 saturated heterocycles. The first-order valence-electron chi connectivity index (χ1n) is 10.8. The SMILES string of the molecule is C.C[C@H](CNC(=O)C1CCCCC1)N1Cc2cc(Oc3ccccc3)ccc2N=C1N. The van der Waals surface area contributed by atoms with Crippen molar-refractivity contribution in [2.75, 3.05) is 6.54 Å². The maximum Gasteiger partial charge on any atom is 0.223 e. The quantitative estimate of drug-likeness (QED) is 0.689. The van der Waals surface area contributed by atoms with Crippen molar-refractivity contribution in [2.45, 2.75) is 59.0 Å². The molecular formula is C25H34N4O2. The van der Waals surface area contributed by atoms with Crippen LogP contribution in [0.2, 0.25) is 0 Å². The van der Waals surface area contributed by atoms with E-state index in [-0.39, 0.29) is 25.3 Å². The van der Waals surface area contributed by atoms with Crippen LogP contribution < -0.4 is 15.8 Å². The van der Waals surface area contributed by atoms with Crippen molar-refractivity contribution in [3.8, 4) is 11.5 Å². The molecule has 166 valence electrons. The first kappa shape index (κ1) is 22.7. The summed E-state index contributed by atoms with van der Waals surface area (Å²) in [5, 5.41) is 3.12. The third-order valence-electron chi connectivity index (χ3n) is 5.98. The van der Waals surface area contributed by atoms with Gasteiger partial charge in [-0.2, -0.15) is 0 Å². The monoisotopic (exact) mass is 422 g/mol. The minimum absolute atomic E-state index is 0. The Morgan fingerprint density at radius 1 is 1.16 bits per heavy atom. The van der Waals surface area contributed by atoms with Gasteiger partial charge in [0.05, 0.1) is 5.69 Å². The van der Waals surface area contributed by atoms with Crippen LogP contribution in [0.1, 0.15) is 52.0 Å². The molecule has 1 heterocycles. The van der Waals surface area contributed by atoms with Gasteiger partial charge in [-0.05, 0) is 50.1 Å². The number of fused-ring (bicyclic) bond motifs is 1. The number of hydrogen-bond acceptors (Lipinski definition) is 5. The van der Waals surface area contributed by atoms with E-state index in [9.17, 15) is 4.79 Å². The largest absolute Gasteiger partial charge is 0.457 e. The highest BCUT2D eigenvalue weighted by atomic mass is 16.5. The molecule has 0 radical (unpaired) electrons. The van der Waals surface area contributed by atoms with E-state index in [1.165, 1.54) is 6.42 Å². The molecule has 1 amide bonds. The first-order chi connectivity index (χ1) is 14.6. The van der Waals surface area contributed by atoms with Crippen LogP contribution in [0, 0.1) is 5.92 Å². The molecule has 1 fully saturated rings. The highest BCUT2D eigenvalue weighted by Gasteiger charge is 2.25. The van der Waals surface area contributed by atoms with Crippen molar-refractivity contribution in [1.29, 1.82) is 0 Å². The van der Waals surface area contributed by atoms with Gasteiger partial charge in [-0.3, -0.25) is 4.79 Å². The van der Waals surface area contributed by atoms with E-state index in [0.29, 0.717) is 19.0 Å². The zero-order chi connectivity index (χ0) is 20.9. The molecule has 6 nitrogen and oxygen atoms in total. The number of hydrogen-bond donors (Lipinski definition) is 2. The summed E-state index contributed by atoms with van der Waals surface area (Å²) < 4.78 is 5.96. The van der Waals surface area contributed by atoms with Gasteiger partial charge < -0.3 is 20.7 Å². The maximum atomic E-state index is 12.5. The number of amides is 1. The summed E-state index contributed by atoms with van der Waals surface area (Å²) in [6, 6.07) is 15.6. The van der Waals surface area contributed by atoms with Crippen molar-refractivity contribution in [2.24, 2.45) is 16.6 Å². The number of aliphatic imine (C=N–C) groups is 1. The number of rotatable bonds is 6. The lowest BCUT2D eigenvalue weighted by molar-refractivity contribution is -0.126. The lowest BCUT2D eigenvalue weighted by atomic mass is 9.88. The van der Waals surface area contributed by atoms with Crippen LogP contribution in [-0.4, -0.2) is 29.4 Å². The van der Waals surface area contributed by atoms with E-state index in [2.05, 4.69) is 17.2 Å². The molecule has 1 atom stereocenters. The van der Waals surface area contributed by atoms with Gasteiger partial charge in [0.2, 0.25) is 5.91 Å². The summed E-state index contributed by atoms with van der Waals surface area (Å²) in [5.74, 6) is 2.39. The molecule has 1 saturated carbocycles. The molecule has 2 aromatic carbocycles. The Morgan fingerprint density at radius 2 is 1.90 bits per heavy atom. The first-order valence-corrected chi connectivity index (χ1v) is 10.8. The molecule has 6 heteroatoms. The summed E-state index contributed by atoms with van der Waals surface area (Å²) in [6.45, 7) is 3.26. The van der Waals surface area contributed by atoms with Gasteiger partial charge in [-0.1, -0.05) is 44.9 Å². The number of nitrogens with two attached hydrogens (primary N) is 1. The summed E-state index contributed by atoms with van der Waals surface area (Å²) >= 11 is 0. The van der Waals surface area contributed by atoms with Gasteiger partial charge in [0.15, 0.2) is 5.96 Å². The second kappa shape index (κ2) is 10.3. The average molecular weight is 423 g/mol. The maximum absolute atomic E-state index is 12.5. The molecule has 1 aliphatic carbocycles. The average Bonchev–Trinajstić information content (AvgIpc) is 2.78. The predicted molar refractivity (Wildman–Crippen MR) is 126 cm³/mol. The van der Waals surface area contributed by atoms with Gasteiger partial charge in [0.25, 0.3) is 0 Å². The van der Waals surface area contributed by atoms with Gasteiger partial charge in [0, 0.05) is 30.6 Å². The van der Waals surface area contributed by atoms with Crippen molar-refractivity contribution < 1.29 is 9.53 Å². The lowest BCUT2D eigenvalue weighted by Gasteiger charge is -2.34. The summed E-state index contributed by atoms with van der Waals surface area (Å²) in [7, 11) is 0. The van der Waals surface area contributed by atoms with Crippen LogP contribution in [-0.2, 0) is 11.3 Å². The Balaban J connectivity index is 0.00000272. The molecule has 0 spiro atoms. The number of ether oxygens (including phenoxy) is 1.